The lowest BCUT2D eigenvalue weighted by Gasteiger charge is -2.36. The molecule has 0 saturated heterocycles. The monoisotopic (exact) mass is 264 g/mol. The topological polar surface area (TPSA) is 20.2 Å². The molecule has 1 fully saturated rings. The molecule has 0 atom stereocenters. The van der Waals surface area contributed by atoms with Crippen LogP contribution in [-0.4, -0.2) is 11.3 Å². The van der Waals surface area contributed by atoms with E-state index in [4.69, 9.17) is 0 Å². The van der Waals surface area contributed by atoms with Gasteiger partial charge in [0.15, 0.2) is 0 Å². The van der Waals surface area contributed by atoms with Crippen molar-refractivity contribution < 1.29 is 18.3 Å². The molecule has 0 radical (unpaired) electrons. The predicted octanol–water partition coefficient (Wildman–Crippen LogP) is 4.00. The van der Waals surface area contributed by atoms with Crippen LogP contribution < -0.4 is 0 Å². The average Bonchev–Trinajstić information content (AvgIpc) is 2.65. The smallest absolute Gasteiger partial charge is 0.385 e. The molecule has 0 aliphatic heterocycles. The maximum absolute atomic E-state index is 12.5. The Morgan fingerprint density at radius 2 is 1.94 bits per heavy atom. The highest BCUT2D eigenvalue weighted by Gasteiger charge is 2.45. The highest BCUT2D eigenvalue weighted by Crippen LogP contribution is 2.45. The molecular formula is C12H15F3OS. The van der Waals surface area contributed by atoms with Crippen molar-refractivity contribution in [2.24, 2.45) is 5.92 Å². The van der Waals surface area contributed by atoms with Crippen molar-refractivity contribution in [3.63, 3.8) is 0 Å². The Bertz CT molecular complexity index is 389. The first-order chi connectivity index (χ1) is 7.81. The van der Waals surface area contributed by atoms with Crippen LogP contribution >= 0.6 is 11.3 Å². The summed E-state index contributed by atoms with van der Waals surface area (Å²) in [6, 6.07) is 1.87. The van der Waals surface area contributed by atoms with Crippen LogP contribution in [0.1, 0.15) is 36.1 Å². The number of aryl methyl sites for hydroxylation is 1. The van der Waals surface area contributed by atoms with Crippen LogP contribution in [0.3, 0.4) is 0 Å². The molecule has 1 aliphatic rings. The highest BCUT2D eigenvalue weighted by atomic mass is 32.1. The molecule has 2 rings (SSSR count). The summed E-state index contributed by atoms with van der Waals surface area (Å²) in [7, 11) is 0. The third-order valence-corrected chi connectivity index (χ3v) is 4.40. The second-order valence-electron chi connectivity index (χ2n) is 4.79. The quantitative estimate of drug-likeness (QED) is 0.813. The van der Waals surface area contributed by atoms with Gasteiger partial charge in [-0.2, -0.15) is 13.2 Å². The van der Waals surface area contributed by atoms with Gasteiger partial charge in [0.05, 0.1) is 11.5 Å². The van der Waals surface area contributed by atoms with Crippen LogP contribution in [0.15, 0.2) is 11.4 Å². The average molecular weight is 264 g/mol. The lowest BCUT2D eigenvalue weighted by molar-refractivity contribution is -0.193. The van der Waals surface area contributed by atoms with Gasteiger partial charge in [-0.05, 0) is 49.6 Å². The Balaban J connectivity index is 2.07. The summed E-state index contributed by atoms with van der Waals surface area (Å²) in [5.41, 5.74) is -0.271. The van der Waals surface area contributed by atoms with Gasteiger partial charge in [0.2, 0.25) is 0 Å². The van der Waals surface area contributed by atoms with E-state index < -0.39 is 17.7 Å². The maximum atomic E-state index is 12.5. The SMILES string of the molecule is Cc1cc(C2(O)CCC(C(F)(F)F)CC2)cs1. The molecule has 17 heavy (non-hydrogen) atoms. The van der Waals surface area contributed by atoms with Crippen LogP contribution in [0, 0.1) is 12.8 Å². The molecule has 1 aromatic rings. The van der Waals surface area contributed by atoms with Crippen molar-refractivity contribution >= 4 is 11.3 Å². The van der Waals surface area contributed by atoms with Gasteiger partial charge < -0.3 is 5.11 Å². The molecular weight excluding hydrogens is 249 g/mol. The van der Waals surface area contributed by atoms with Crippen molar-refractivity contribution in [1.82, 2.24) is 0 Å². The number of alkyl halides is 3. The zero-order chi connectivity index (χ0) is 12.7. The summed E-state index contributed by atoms with van der Waals surface area (Å²) in [4.78, 5) is 1.08. The van der Waals surface area contributed by atoms with E-state index in [1.165, 1.54) is 11.3 Å². The number of aliphatic hydroxyl groups is 1. The van der Waals surface area contributed by atoms with E-state index >= 15 is 0 Å². The molecule has 0 unspecified atom stereocenters. The molecule has 0 bridgehead atoms. The Morgan fingerprint density at radius 1 is 1.35 bits per heavy atom. The molecule has 0 aromatic carbocycles. The molecule has 1 aromatic heterocycles. The molecule has 5 heteroatoms. The molecule has 1 aliphatic carbocycles. The first-order valence-corrected chi connectivity index (χ1v) is 6.54. The second-order valence-corrected chi connectivity index (χ2v) is 5.91. The van der Waals surface area contributed by atoms with Crippen molar-refractivity contribution in [3.05, 3.63) is 21.9 Å². The number of thiophene rings is 1. The van der Waals surface area contributed by atoms with Crippen LogP contribution in [0.2, 0.25) is 0 Å². The van der Waals surface area contributed by atoms with E-state index in [1.54, 1.807) is 0 Å². The zero-order valence-corrected chi connectivity index (χ0v) is 10.4. The minimum absolute atomic E-state index is 0.0227. The standard InChI is InChI=1S/C12H15F3OS/c1-8-6-10(7-17-8)11(16)4-2-9(3-5-11)12(13,14)15/h6-7,9,16H,2-5H2,1H3. The van der Waals surface area contributed by atoms with Gasteiger partial charge in [0.1, 0.15) is 0 Å². The van der Waals surface area contributed by atoms with Crippen molar-refractivity contribution in [1.29, 1.82) is 0 Å². The van der Waals surface area contributed by atoms with Gasteiger partial charge >= 0.3 is 6.18 Å². The summed E-state index contributed by atoms with van der Waals surface area (Å²) < 4.78 is 37.6. The normalized spacial score (nSPS) is 30.5. The summed E-state index contributed by atoms with van der Waals surface area (Å²) >= 11 is 1.52. The highest BCUT2D eigenvalue weighted by molar-refractivity contribution is 7.10. The third kappa shape index (κ3) is 2.65. The van der Waals surface area contributed by atoms with Crippen LogP contribution in [-0.2, 0) is 5.60 Å². The Morgan fingerprint density at radius 3 is 2.35 bits per heavy atom. The summed E-state index contributed by atoms with van der Waals surface area (Å²) in [6.07, 6.45) is -3.67. The maximum Gasteiger partial charge on any atom is 0.391 e. The van der Waals surface area contributed by atoms with Gasteiger partial charge in [-0.15, -0.1) is 11.3 Å². The number of hydrogen-bond donors (Lipinski definition) is 1. The van der Waals surface area contributed by atoms with Gasteiger partial charge in [-0.1, -0.05) is 0 Å². The van der Waals surface area contributed by atoms with Gasteiger partial charge in [0, 0.05) is 4.88 Å². The summed E-state index contributed by atoms with van der Waals surface area (Å²) in [6.45, 7) is 1.93. The Kier molecular flexibility index (Phi) is 3.25. The zero-order valence-electron chi connectivity index (χ0n) is 9.55. The van der Waals surface area contributed by atoms with E-state index in [-0.39, 0.29) is 25.7 Å². The fourth-order valence-electron chi connectivity index (χ4n) is 2.40. The predicted molar refractivity (Wildman–Crippen MR) is 61.0 cm³/mol. The minimum Gasteiger partial charge on any atom is -0.385 e. The van der Waals surface area contributed by atoms with Crippen LogP contribution in [0.5, 0.6) is 0 Å². The summed E-state index contributed by atoms with van der Waals surface area (Å²) in [5.74, 6) is -1.25. The van der Waals surface area contributed by atoms with E-state index in [0.717, 1.165) is 10.4 Å². The third-order valence-electron chi connectivity index (χ3n) is 3.54. The first-order valence-electron chi connectivity index (χ1n) is 5.66. The lowest BCUT2D eigenvalue weighted by atomic mass is 9.75. The Hall–Kier alpha value is -0.550. The van der Waals surface area contributed by atoms with E-state index in [2.05, 4.69) is 0 Å². The first kappa shape index (κ1) is 12.9. The number of rotatable bonds is 1. The fourth-order valence-corrected chi connectivity index (χ4v) is 3.19. The second kappa shape index (κ2) is 4.28. The Labute approximate surface area is 102 Å². The molecule has 1 heterocycles. The fraction of sp³-hybridized carbons (Fsp3) is 0.667. The largest absolute Gasteiger partial charge is 0.391 e. The molecule has 96 valence electrons. The van der Waals surface area contributed by atoms with E-state index in [1.807, 2.05) is 18.4 Å². The van der Waals surface area contributed by atoms with Crippen molar-refractivity contribution in [2.75, 3.05) is 0 Å². The van der Waals surface area contributed by atoms with E-state index in [9.17, 15) is 18.3 Å². The molecule has 1 nitrogen and oxygen atoms in total. The molecule has 1 saturated carbocycles. The van der Waals surface area contributed by atoms with Gasteiger partial charge in [-0.3, -0.25) is 0 Å². The van der Waals surface area contributed by atoms with Gasteiger partial charge in [0.25, 0.3) is 0 Å². The molecule has 0 amide bonds. The number of halogens is 3. The molecule has 1 N–H and O–H groups in total. The molecule has 0 spiro atoms. The van der Waals surface area contributed by atoms with Crippen molar-refractivity contribution in [3.8, 4) is 0 Å². The van der Waals surface area contributed by atoms with Gasteiger partial charge in [-0.25, -0.2) is 0 Å². The van der Waals surface area contributed by atoms with Crippen molar-refractivity contribution in [2.45, 2.75) is 44.4 Å². The number of hydrogen-bond acceptors (Lipinski definition) is 2. The summed E-state index contributed by atoms with van der Waals surface area (Å²) in [5, 5.41) is 12.2. The van der Waals surface area contributed by atoms with Crippen LogP contribution in [0.25, 0.3) is 0 Å². The van der Waals surface area contributed by atoms with Crippen LogP contribution in [0.4, 0.5) is 13.2 Å². The minimum atomic E-state index is -4.12. The lowest BCUT2D eigenvalue weighted by Crippen LogP contribution is -2.36. The van der Waals surface area contributed by atoms with E-state index in [0.29, 0.717) is 0 Å².